The molecule has 4 rings (SSSR count). The Kier molecular flexibility index (Phi) is 9.76. The topological polar surface area (TPSA) is 207 Å². The molecule has 222 valence electrons. The molecule has 42 heavy (non-hydrogen) atoms. The van der Waals surface area contributed by atoms with Crippen molar-refractivity contribution in [3.8, 4) is 5.75 Å². The highest BCUT2D eigenvalue weighted by Crippen LogP contribution is 2.20. The molecule has 0 aliphatic carbocycles. The SMILES string of the molecule is NCC(=O)N[C@@H](Cc1c[nH]c2ccccc12)C(=O)NCC(=O)N1CCC[C@H]1C(=O)N[C@@H](Cc1ccc(O)cc1)C(=O)O. The minimum Gasteiger partial charge on any atom is -0.508 e. The van der Waals surface area contributed by atoms with Crippen LogP contribution in [0.5, 0.6) is 5.75 Å². The van der Waals surface area contributed by atoms with Gasteiger partial charge in [0.05, 0.1) is 13.1 Å². The van der Waals surface area contributed by atoms with Crippen molar-refractivity contribution in [2.75, 3.05) is 19.6 Å². The lowest BCUT2D eigenvalue weighted by molar-refractivity contribution is -0.144. The van der Waals surface area contributed by atoms with Crippen molar-refractivity contribution in [3.63, 3.8) is 0 Å². The summed E-state index contributed by atoms with van der Waals surface area (Å²) in [7, 11) is 0. The fraction of sp³-hybridized carbons (Fsp3) is 0.345. The number of hydrogen-bond acceptors (Lipinski definition) is 7. The summed E-state index contributed by atoms with van der Waals surface area (Å²) in [6, 6.07) is 10.4. The van der Waals surface area contributed by atoms with E-state index in [0.717, 1.165) is 16.5 Å². The van der Waals surface area contributed by atoms with Crippen LogP contribution < -0.4 is 21.7 Å². The van der Waals surface area contributed by atoms with E-state index in [-0.39, 0.29) is 31.7 Å². The van der Waals surface area contributed by atoms with E-state index in [4.69, 9.17) is 5.73 Å². The van der Waals surface area contributed by atoms with Gasteiger partial charge in [-0.3, -0.25) is 19.2 Å². The van der Waals surface area contributed by atoms with Gasteiger partial charge in [0.1, 0.15) is 23.9 Å². The Morgan fingerprint density at radius 3 is 2.45 bits per heavy atom. The first-order valence-corrected chi connectivity index (χ1v) is 13.6. The molecule has 0 spiro atoms. The number of likely N-dealkylation sites (tertiary alicyclic amines) is 1. The second-order valence-corrected chi connectivity index (χ2v) is 10.1. The number of carboxylic acid groups (broad SMARTS) is 1. The number of rotatable bonds is 12. The van der Waals surface area contributed by atoms with E-state index in [0.29, 0.717) is 18.4 Å². The number of amides is 4. The van der Waals surface area contributed by atoms with E-state index < -0.39 is 54.3 Å². The number of aromatic amines is 1. The number of nitrogens with two attached hydrogens (primary N) is 1. The Morgan fingerprint density at radius 1 is 1.00 bits per heavy atom. The molecule has 13 nitrogen and oxygen atoms in total. The van der Waals surface area contributed by atoms with Gasteiger partial charge in [0.25, 0.3) is 0 Å². The van der Waals surface area contributed by atoms with Crippen LogP contribution in [0.1, 0.15) is 24.0 Å². The smallest absolute Gasteiger partial charge is 0.326 e. The third kappa shape index (κ3) is 7.43. The lowest BCUT2D eigenvalue weighted by atomic mass is 10.0. The molecule has 0 saturated carbocycles. The average molecular weight is 579 g/mol. The molecule has 1 aliphatic heterocycles. The molecule has 3 atom stereocenters. The van der Waals surface area contributed by atoms with Crippen LogP contribution in [0.2, 0.25) is 0 Å². The quantitative estimate of drug-likeness (QED) is 0.152. The summed E-state index contributed by atoms with van der Waals surface area (Å²) in [5.41, 5.74) is 7.71. The normalized spacial score (nSPS) is 16.0. The number of H-pyrrole nitrogens is 1. The van der Waals surface area contributed by atoms with Crippen molar-refractivity contribution in [1.82, 2.24) is 25.8 Å². The number of benzene rings is 2. The monoisotopic (exact) mass is 578 g/mol. The van der Waals surface area contributed by atoms with Gasteiger partial charge in [-0.15, -0.1) is 0 Å². The third-order valence-corrected chi connectivity index (χ3v) is 7.22. The van der Waals surface area contributed by atoms with Gasteiger partial charge in [-0.1, -0.05) is 30.3 Å². The van der Waals surface area contributed by atoms with Crippen LogP contribution in [0.4, 0.5) is 0 Å². The first-order valence-electron chi connectivity index (χ1n) is 13.6. The van der Waals surface area contributed by atoms with Gasteiger partial charge in [0.2, 0.25) is 23.6 Å². The van der Waals surface area contributed by atoms with E-state index in [2.05, 4.69) is 20.9 Å². The van der Waals surface area contributed by atoms with Crippen molar-refractivity contribution < 1.29 is 34.2 Å². The van der Waals surface area contributed by atoms with Crippen LogP contribution in [0.25, 0.3) is 10.9 Å². The zero-order chi connectivity index (χ0) is 30.2. The molecule has 4 amide bonds. The number of phenolic OH excluding ortho intramolecular Hbond substituents is 1. The summed E-state index contributed by atoms with van der Waals surface area (Å²) in [6.07, 6.45) is 2.77. The van der Waals surface area contributed by atoms with E-state index in [9.17, 15) is 34.2 Å². The predicted octanol–water partition coefficient (Wildman–Crippen LogP) is -0.221. The Bertz CT molecular complexity index is 1450. The van der Waals surface area contributed by atoms with E-state index >= 15 is 0 Å². The van der Waals surface area contributed by atoms with E-state index in [1.165, 1.54) is 17.0 Å². The second-order valence-electron chi connectivity index (χ2n) is 10.1. The van der Waals surface area contributed by atoms with Gasteiger partial charge < -0.3 is 41.8 Å². The number of phenols is 1. The lowest BCUT2D eigenvalue weighted by Gasteiger charge is -2.26. The predicted molar refractivity (Wildman–Crippen MR) is 152 cm³/mol. The molecule has 1 aliphatic rings. The van der Waals surface area contributed by atoms with Gasteiger partial charge >= 0.3 is 5.97 Å². The van der Waals surface area contributed by atoms with E-state index in [1.807, 2.05) is 24.3 Å². The van der Waals surface area contributed by atoms with E-state index in [1.54, 1.807) is 18.3 Å². The highest BCUT2D eigenvalue weighted by molar-refractivity contribution is 5.94. The summed E-state index contributed by atoms with van der Waals surface area (Å²) in [5, 5.41) is 27.7. The van der Waals surface area contributed by atoms with Crippen LogP contribution in [0, 0.1) is 0 Å². The summed E-state index contributed by atoms with van der Waals surface area (Å²) >= 11 is 0. The third-order valence-electron chi connectivity index (χ3n) is 7.22. The van der Waals surface area contributed by atoms with Crippen molar-refractivity contribution in [2.45, 2.75) is 43.8 Å². The summed E-state index contributed by atoms with van der Waals surface area (Å²) in [5.74, 6) is -3.44. The lowest BCUT2D eigenvalue weighted by Crippen LogP contribution is -2.54. The minimum atomic E-state index is -1.24. The molecule has 0 bridgehead atoms. The highest BCUT2D eigenvalue weighted by Gasteiger charge is 2.36. The van der Waals surface area contributed by atoms with Crippen LogP contribution in [0.15, 0.2) is 54.7 Å². The fourth-order valence-electron chi connectivity index (χ4n) is 5.04. The number of nitrogens with one attached hydrogen (secondary N) is 4. The molecule has 3 aromatic rings. The molecule has 1 saturated heterocycles. The molecule has 2 heterocycles. The molecule has 13 heteroatoms. The first kappa shape index (κ1) is 30.1. The number of fused-ring (bicyclic) bond motifs is 1. The summed E-state index contributed by atoms with van der Waals surface area (Å²) < 4.78 is 0. The van der Waals surface area contributed by atoms with Gasteiger partial charge in [0, 0.05) is 36.5 Å². The van der Waals surface area contributed by atoms with Crippen LogP contribution in [-0.4, -0.2) is 87.5 Å². The number of carbonyl (C=O) groups is 5. The number of carbonyl (C=O) groups excluding carboxylic acids is 4. The average Bonchev–Trinajstić information content (AvgIpc) is 3.64. The molecule has 2 aromatic carbocycles. The molecule has 0 unspecified atom stereocenters. The maximum atomic E-state index is 13.1. The van der Waals surface area contributed by atoms with Crippen molar-refractivity contribution >= 4 is 40.5 Å². The number of para-hydroxylation sites is 1. The first-order chi connectivity index (χ1) is 20.2. The maximum absolute atomic E-state index is 13.1. The summed E-state index contributed by atoms with van der Waals surface area (Å²) in [4.78, 5) is 67.6. The second kappa shape index (κ2) is 13.6. The minimum absolute atomic E-state index is 0.00951. The zero-order valence-corrected chi connectivity index (χ0v) is 22.8. The standard InChI is InChI=1S/C29H34N6O7/c30-14-25(37)33-22(13-18-15-31-21-5-2-1-4-20(18)21)27(39)32-16-26(38)35-11-3-6-24(35)28(40)34-23(29(41)42)12-17-7-9-19(36)10-8-17/h1-2,4-5,7-10,15,22-24,31,36H,3,6,11-14,16,30H2,(H,32,39)(H,33,37)(H,34,40)(H,41,42)/t22-,23-,24-/m0/s1. The zero-order valence-electron chi connectivity index (χ0n) is 22.8. The Hall–Kier alpha value is -4.91. The number of carboxylic acids is 1. The molecular formula is C29H34N6O7. The Balaban J connectivity index is 1.37. The molecule has 1 fully saturated rings. The fourth-order valence-corrected chi connectivity index (χ4v) is 5.04. The molecule has 1 aromatic heterocycles. The van der Waals surface area contributed by atoms with Crippen LogP contribution in [0.3, 0.4) is 0 Å². The van der Waals surface area contributed by atoms with Gasteiger partial charge in [-0.2, -0.15) is 0 Å². The van der Waals surface area contributed by atoms with Crippen LogP contribution in [-0.2, 0) is 36.8 Å². The number of aromatic hydroxyl groups is 1. The van der Waals surface area contributed by atoms with Gasteiger partial charge in [-0.25, -0.2) is 4.79 Å². The number of aromatic nitrogens is 1. The maximum Gasteiger partial charge on any atom is 0.326 e. The van der Waals surface area contributed by atoms with Gasteiger partial charge in [-0.05, 0) is 42.2 Å². The molecule has 0 radical (unpaired) electrons. The number of aliphatic carboxylic acids is 1. The molecular weight excluding hydrogens is 544 g/mol. The van der Waals surface area contributed by atoms with Crippen molar-refractivity contribution in [3.05, 3.63) is 65.9 Å². The largest absolute Gasteiger partial charge is 0.508 e. The number of nitrogens with zero attached hydrogens (tertiary/aromatic N) is 1. The molecule has 8 N–H and O–H groups in total. The van der Waals surface area contributed by atoms with Crippen molar-refractivity contribution in [1.29, 1.82) is 0 Å². The number of hydrogen-bond donors (Lipinski definition) is 7. The summed E-state index contributed by atoms with van der Waals surface area (Å²) in [6.45, 7) is -0.461. The van der Waals surface area contributed by atoms with Crippen molar-refractivity contribution in [2.24, 2.45) is 5.73 Å². The van der Waals surface area contributed by atoms with Gasteiger partial charge in [0.15, 0.2) is 0 Å². The Morgan fingerprint density at radius 2 is 1.74 bits per heavy atom. The Labute approximate surface area is 241 Å². The highest BCUT2D eigenvalue weighted by atomic mass is 16.4. The van der Waals surface area contributed by atoms with Crippen LogP contribution >= 0.6 is 0 Å².